The number of nitrogens with one attached hydrogen (secondary N) is 1. The monoisotopic (exact) mass is 436 g/mol. The lowest BCUT2D eigenvalue weighted by Crippen LogP contribution is -2.48. The number of carbonyl (C=O) groups is 1. The third-order valence-electron chi connectivity index (χ3n) is 5.50. The maximum absolute atomic E-state index is 13.4. The highest BCUT2D eigenvalue weighted by Crippen LogP contribution is 2.37. The third-order valence-corrected chi connectivity index (χ3v) is 7.29. The molecule has 3 aromatic carbocycles. The molecule has 0 unspecified atom stereocenters. The first-order valence-corrected chi connectivity index (χ1v) is 11.4. The molecule has 0 aliphatic carbocycles. The highest BCUT2D eigenvalue weighted by molar-refractivity contribution is 7.92. The van der Waals surface area contributed by atoms with E-state index in [4.69, 9.17) is 4.74 Å². The van der Waals surface area contributed by atoms with E-state index in [0.717, 1.165) is 16.7 Å². The van der Waals surface area contributed by atoms with Gasteiger partial charge in [-0.1, -0.05) is 42.0 Å². The van der Waals surface area contributed by atoms with Gasteiger partial charge < -0.3 is 10.1 Å². The van der Waals surface area contributed by atoms with Crippen LogP contribution in [0.4, 0.5) is 11.4 Å². The van der Waals surface area contributed by atoms with Gasteiger partial charge in [0.05, 0.1) is 17.1 Å². The number of amides is 1. The molecule has 0 aromatic heterocycles. The van der Waals surface area contributed by atoms with Gasteiger partial charge in [-0.05, 0) is 62.2 Å². The van der Waals surface area contributed by atoms with Crippen molar-refractivity contribution in [3.05, 3.63) is 83.4 Å². The summed E-state index contributed by atoms with van der Waals surface area (Å²) in [6.07, 6.45) is -0.991. The fraction of sp³-hybridized carbons (Fsp3) is 0.208. The summed E-state index contributed by atoms with van der Waals surface area (Å²) in [5, 5.41) is 2.89. The van der Waals surface area contributed by atoms with Crippen LogP contribution in [-0.2, 0) is 14.8 Å². The molecule has 0 spiro atoms. The predicted octanol–water partition coefficient (Wildman–Crippen LogP) is 4.21. The van der Waals surface area contributed by atoms with Crippen molar-refractivity contribution in [2.24, 2.45) is 0 Å². The van der Waals surface area contributed by atoms with Gasteiger partial charge in [-0.3, -0.25) is 9.10 Å². The summed E-state index contributed by atoms with van der Waals surface area (Å²) in [5.41, 5.74) is 4.07. The smallest absolute Gasteiger partial charge is 0.267 e. The van der Waals surface area contributed by atoms with Crippen LogP contribution >= 0.6 is 0 Å². The Bertz CT molecular complexity index is 1240. The van der Waals surface area contributed by atoms with Crippen LogP contribution in [0, 0.1) is 20.8 Å². The first-order valence-electron chi connectivity index (χ1n) is 9.99. The van der Waals surface area contributed by atoms with E-state index in [0.29, 0.717) is 17.1 Å². The summed E-state index contributed by atoms with van der Waals surface area (Å²) < 4.78 is 34.0. The molecular weight excluding hydrogens is 412 g/mol. The van der Waals surface area contributed by atoms with Gasteiger partial charge in [0.15, 0.2) is 6.10 Å². The Balaban J connectivity index is 1.68. The average molecular weight is 437 g/mol. The molecule has 160 valence electrons. The molecule has 0 saturated heterocycles. The number of rotatable bonds is 4. The lowest BCUT2D eigenvalue weighted by Gasteiger charge is -2.34. The zero-order valence-corrected chi connectivity index (χ0v) is 18.4. The standard InChI is InChI=1S/C24H24N2O4S/c1-16-11-13-19(14-12-16)31(28,29)26-15-23(30-22-10-5-4-9-21(22)26)24(27)25-20-8-6-7-17(2)18(20)3/h4-14,23H,15H2,1-3H3,(H,25,27)/t23-/m0/s1. The lowest BCUT2D eigenvalue weighted by molar-refractivity contribution is -0.122. The van der Waals surface area contributed by atoms with Gasteiger partial charge in [0.1, 0.15) is 5.75 Å². The summed E-state index contributed by atoms with van der Waals surface area (Å²) in [5.74, 6) is -0.0436. The van der Waals surface area contributed by atoms with Crippen molar-refractivity contribution in [3.8, 4) is 5.75 Å². The molecule has 1 N–H and O–H groups in total. The molecule has 1 aliphatic heterocycles. The van der Waals surface area contributed by atoms with Crippen molar-refractivity contribution < 1.29 is 17.9 Å². The van der Waals surface area contributed by atoms with Crippen LogP contribution in [0.5, 0.6) is 5.75 Å². The third kappa shape index (κ3) is 4.01. The Labute approximate surface area is 182 Å². The number of para-hydroxylation sites is 2. The molecule has 3 aromatic rings. The molecule has 0 bridgehead atoms. The van der Waals surface area contributed by atoms with Crippen LogP contribution in [0.15, 0.2) is 71.6 Å². The normalized spacial score (nSPS) is 15.7. The summed E-state index contributed by atoms with van der Waals surface area (Å²) >= 11 is 0. The Hall–Kier alpha value is -3.32. The number of sulfonamides is 1. The van der Waals surface area contributed by atoms with E-state index >= 15 is 0 Å². The van der Waals surface area contributed by atoms with Gasteiger partial charge >= 0.3 is 0 Å². The highest BCUT2D eigenvalue weighted by Gasteiger charge is 2.37. The van der Waals surface area contributed by atoms with E-state index in [9.17, 15) is 13.2 Å². The predicted molar refractivity (Wildman–Crippen MR) is 121 cm³/mol. The van der Waals surface area contributed by atoms with E-state index in [2.05, 4.69) is 5.32 Å². The fourth-order valence-corrected chi connectivity index (χ4v) is 4.98. The second kappa shape index (κ2) is 8.07. The van der Waals surface area contributed by atoms with Gasteiger partial charge in [-0.25, -0.2) is 8.42 Å². The topological polar surface area (TPSA) is 75.7 Å². The Morgan fingerprint density at radius 3 is 2.42 bits per heavy atom. The SMILES string of the molecule is Cc1ccc(S(=O)(=O)N2C[C@@H](C(=O)Nc3cccc(C)c3C)Oc3ccccc32)cc1. The lowest BCUT2D eigenvalue weighted by atomic mass is 10.1. The number of nitrogens with zero attached hydrogens (tertiary/aromatic N) is 1. The van der Waals surface area contributed by atoms with Crippen molar-refractivity contribution in [3.63, 3.8) is 0 Å². The number of hydrogen-bond donors (Lipinski definition) is 1. The highest BCUT2D eigenvalue weighted by atomic mass is 32.2. The Morgan fingerprint density at radius 1 is 0.968 bits per heavy atom. The van der Waals surface area contributed by atoms with Crippen molar-refractivity contribution in [1.82, 2.24) is 0 Å². The molecule has 31 heavy (non-hydrogen) atoms. The largest absolute Gasteiger partial charge is 0.476 e. The van der Waals surface area contributed by atoms with Gasteiger partial charge in [-0.2, -0.15) is 0 Å². The number of benzene rings is 3. The number of hydrogen-bond acceptors (Lipinski definition) is 4. The van der Waals surface area contributed by atoms with Crippen molar-refractivity contribution >= 4 is 27.3 Å². The molecule has 1 atom stereocenters. The minimum atomic E-state index is -3.87. The molecule has 4 rings (SSSR count). The van der Waals surface area contributed by atoms with E-state index < -0.39 is 22.0 Å². The van der Waals surface area contributed by atoms with Gasteiger partial charge in [0.2, 0.25) is 0 Å². The van der Waals surface area contributed by atoms with E-state index in [1.807, 2.05) is 39.0 Å². The fourth-order valence-electron chi connectivity index (χ4n) is 3.50. The molecule has 0 fully saturated rings. The van der Waals surface area contributed by atoms with Crippen molar-refractivity contribution in [2.75, 3.05) is 16.2 Å². The summed E-state index contributed by atoms with van der Waals surface area (Å²) in [6.45, 7) is 5.67. The minimum absolute atomic E-state index is 0.121. The molecule has 1 amide bonds. The molecule has 0 saturated carbocycles. The Morgan fingerprint density at radius 2 is 1.68 bits per heavy atom. The maximum Gasteiger partial charge on any atom is 0.267 e. The first kappa shape index (κ1) is 20.9. The van der Waals surface area contributed by atoms with Crippen LogP contribution in [0.25, 0.3) is 0 Å². The van der Waals surface area contributed by atoms with E-state index in [-0.39, 0.29) is 11.4 Å². The summed E-state index contributed by atoms with van der Waals surface area (Å²) in [6, 6.07) is 19.2. The van der Waals surface area contributed by atoms with Crippen LogP contribution in [-0.4, -0.2) is 27.0 Å². The number of aryl methyl sites for hydroxylation is 2. The zero-order valence-electron chi connectivity index (χ0n) is 17.6. The van der Waals surface area contributed by atoms with Crippen molar-refractivity contribution in [1.29, 1.82) is 0 Å². The average Bonchev–Trinajstić information content (AvgIpc) is 2.76. The molecular formula is C24H24N2O4S. The van der Waals surface area contributed by atoms with Crippen LogP contribution in [0.2, 0.25) is 0 Å². The van der Waals surface area contributed by atoms with Crippen LogP contribution in [0.1, 0.15) is 16.7 Å². The molecule has 1 aliphatic rings. The second-order valence-electron chi connectivity index (χ2n) is 7.66. The molecule has 0 radical (unpaired) electrons. The zero-order chi connectivity index (χ0) is 22.2. The first-order chi connectivity index (χ1) is 14.8. The van der Waals surface area contributed by atoms with Gasteiger partial charge in [0, 0.05) is 5.69 Å². The van der Waals surface area contributed by atoms with Crippen molar-refractivity contribution in [2.45, 2.75) is 31.8 Å². The number of ether oxygens (including phenoxy) is 1. The molecule has 1 heterocycles. The number of anilines is 2. The van der Waals surface area contributed by atoms with E-state index in [1.165, 1.54) is 4.31 Å². The van der Waals surface area contributed by atoms with Crippen LogP contribution in [0.3, 0.4) is 0 Å². The minimum Gasteiger partial charge on any atom is -0.476 e. The molecule has 7 heteroatoms. The van der Waals surface area contributed by atoms with Gasteiger partial charge in [-0.15, -0.1) is 0 Å². The van der Waals surface area contributed by atoms with E-state index in [1.54, 1.807) is 48.5 Å². The maximum atomic E-state index is 13.4. The summed E-state index contributed by atoms with van der Waals surface area (Å²) in [4.78, 5) is 13.2. The number of carbonyl (C=O) groups excluding carboxylic acids is 1. The quantitative estimate of drug-likeness (QED) is 0.665. The second-order valence-corrected chi connectivity index (χ2v) is 9.52. The van der Waals surface area contributed by atoms with Gasteiger partial charge in [0.25, 0.3) is 15.9 Å². The number of fused-ring (bicyclic) bond motifs is 1. The molecule has 6 nitrogen and oxygen atoms in total. The van der Waals surface area contributed by atoms with Crippen LogP contribution < -0.4 is 14.4 Å². The Kier molecular flexibility index (Phi) is 5.45. The summed E-state index contributed by atoms with van der Waals surface area (Å²) in [7, 11) is -3.87.